The Bertz CT molecular complexity index is 1530. The van der Waals surface area contributed by atoms with Crippen molar-refractivity contribution in [1.29, 1.82) is 0 Å². The maximum absolute atomic E-state index is 13.4. The van der Waals surface area contributed by atoms with E-state index in [1.54, 1.807) is 72.8 Å². The Morgan fingerprint density at radius 3 is 2.15 bits per heavy atom. The number of nitrogens with one attached hydrogen (secondary N) is 1. The molecule has 1 N–H and O–H groups in total. The van der Waals surface area contributed by atoms with Crippen LogP contribution in [0.5, 0.6) is 0 Å². The van der Waals surface area contributed by atoms with Crippen molar-refractivity contribution in [3.8, 4) is 0 Å². The van der Waals surface area contributed by atoms with Gasteiger partial charge >= 0.3 is 5.97 Å². The summed E-state index contributed by atoms with van der Waals surface area (Å²) in [6.45, 7) is 0. The van der Waals surface area contributed by atoms with Crippen LogP contribution in [0.3, 0.4) is 0 Å². The summed E-state index contributed by atoms with van der Waals surface area (Å²) < 4.78 is 6.54. The van der Waals surface area contributed by atoms with Gasteiger partial charge in [0.1, 0.15) is 0 Å². The standard InChI is InChI=1S/C29H20Br2N2O6/c30-22-14-12-19(13-15-22)28(35)32-23-10-4-9-21(16-23)29(36)39-27(26(34)18-6-2-1-3-7-18)25(31)20-8-5-11-24(17-20)33(37)38/h1-17,25,27H,(H,32,35)/t25-,27+/m0/s1. The number of anilines is 1. The number of nitro benzene ring substituents is 1. The first-order chi connectivity index (χ1) is 18.7. The number of Topliss-reactive ketones (excluding diaryl/α,β-unsaturated/α-hetero) is 1. The molecule has 2 atom stereocenters. The number of nitrogens with zero attached hydrogens (tertiary/aromatic N) is 1. The summed E-state index contributed by atoms with van der Waals surface area (Å²) in [5.74, 6) is -1.66. The number of halogens is 2. The van der Waals surface area contributed by atoms with E-state index in [0.29, 0.717) is 22.4 Å². The monoisotopic (exact) mass is 650 g/mol. The molecule has 10 heteroatoms. The fourth-order valence-electron chi connectivity index (χ4n) is 3.71. The number of ether oxygens (including phenoxy) is 1. The minimum atomic E-state index is -1.34. The molecule has 4 aromatic carbocycles. The van der Waals surface area contributed by atoms with E-state index in [2.05, 4.69) is 37.2 Å². The van der Waals surface area contributed by atoms with Crippen molar-refractivity contribution in [1.82, 2.24) is 0 Å². The van der Waals surface area contributed by atoms with E-state index in [1.165, 1.54) is 30.3 Å². The van der Waals surface area contributed by atoms with E-state index in [-0.39, 0.29) is 17.2 Å². The lowest BCUT2D eigenvalue weighted by atomic mass is 9.99. The van der Waals surface area contributed by atoms with E-state index >= 15 is 0 Å². The highest BCUT2D eigenvalue weighted by Gasteiger charge is 2.33. The summed E-state index contributed by atoms with van der Waals surface area (Å²) in [5, 5.41) is 14.0. The number of amides is 1. The molecule has 4 rings (SSSR count). The van der Waals surface area contributed by atoms with Crippen LogP contribution in [0.2, 0.25) is 0 Å². The van der Waals surface area contributed by atoms with Crippen LogP contribution < -0.4 is 5.32 Å². The van der Waals surface area contributed by atoms with Crippen LogP contribution in [0.1, 0.15) is 41.5 Å². The van der Waals surface area contributed by atoms with E-state index in [4.69, 9.17) is 4.74 Å². The molecule has 8 nitrogen and oxygen atoms in total. The number of hydrogen-bond donors (Lipinski definition) is 1. The first-order valence-electron chi connectivity index (χ1n) is 11.6. The Kier molecular flexibility index (Phi) is 9.00. The van der Waals surface area contributed by atoms with Gasteiger partial charge in [0.15, 0.2) is 6.10 Å². The molecule has 0 bridgehead atoms. The molecule has 0 spiro atoms. The molecule has 196 valence electrons. The quantitative estimate of drug-likeness (QED) is 0.0675. The summed E-state index contributed by atoms with van der Waals surface area (Å²) in [6.07, 6.45) is -1.34. The first kappa shape index (κ1) is 27.9. The lowest BCUT2D eigenvalue weighted by Gasteiger charge is -2.22. The lowest BCUT2D eigenvalue weighted by molar-refractivity contribution is -0.384. The normalized spacial score (nSPS) is 12.2. The Hall–Kier alpha value is -4.15. The second-order valence-electron chi connectivity index (χ2n) is 8.35. The maximum Gasteiger partial charge on any atom is 0.338 e. The number of nitro groups is 1. The number of esters is 1. The number of rotatable bonds is 9. The van der Waals surface area contributed by atoms with Crippen molar-refractivity contribution in [2.45, 2.75) is 10.9 Å². The van der Waals surface area contributed by atoms with Crippen molar-refractivity contribution in [2.24, 2.45) is 0 Å². The highest BCUT2D eigenvalue weighted by Crippen LogP contribution is 2.33. The van der Waals surface area contributed by atoms with Gasteiger partial charge in [-0.05, 0) is 48.0 Å². The zero-order chi connectivity index (χ0) is 27.9. The molecule has 0 aliphatic carbocycles. The van der Waals surface area contributed by atoms with Gasteiger partial charge < -0.3 is 10.1 Å². The van der Waals surface area contributed by atoms with Gasteiger partial charge in [-0.2, -0.15) is 0 Å². The largest absolute Gasteiger partial charge is 0.449 e. The number of carbonyl (C=O) groups excluding carboxylic acids is 3. The minimum Gasteiger partial charge on any atom is -0.449 e. The molecule has 0 saturated heterocycles. The van der Waals surface area contributed by atoms with Crippen molar-refractivity contribution in [2.75, 3.05) is 5.32 Å². The fourth-order valence-corrected chi connectivity index (χ4v) is 4.61. The molecule has 0 heterocycles. The van der Waals surface area contributed by atoms with Gasteiger partial charge in [-0.1, -0.05) is 80.4 Å². The average Bonchev–Trinajstić information content (AvgIpc) is 2.96. The Balaban J connectivity index is 1.59. The van der Waals surface area contributed by atoms with Gasteiger partial charge in [0, 0.05) is 33.4 Å². The summed E-state index contributed by atoms with van der Waals surface area (Å²) in [5.41, 5.74) is 1.43. The molecule has 1 amide bonds. The summed E-state index contributed by atoms with van der Waals surface area (Å²) in [6, 6.07) is 27.0. The number of hydrogen-bond acceptors (Lipinski definition) is 6. The summed E-state index contributed by atoms with van der Waals surface area (Å²) in [4.78, 5) is 49.1. The summed E-state index contributed by atoms with van der Waals surface area (Å²) in [7, 11) is 0. The van der Waals surface area contributed by atoms with E-state index in [1.807, 2.05) is 0 Å². The fraction of sp³-hybridized carbons (Fsp3) is 0.0690. The molecule has 39 heavy (non-hydrogen) atoms. The molecule has 0 fully saturated rings. The third-order valence-electron chi connectivity index (χ3n) is 5.68. The highest BCUT2D eigenvalue weighted by atomic mass is 79.9. The van der Waals surface area contributed by atoms with Gasteiger partial charge in [0.05, 0.1) is 15.3 Å². The van der Waals surface area contributed by atoms with Gasteiger partial charge in [0.2, 0.25) is 5.78 Å². The number of benzene rings is 4. The van der Waals surface area contributed by atoms with Crippen molar-refractivity contribution in [3.63, 3.8) is 0 Å². The Morgan fingerprint density at radius 1 is 0.795 bits per heavy atom. The number of ketones is 1. The average molecular weight is 652 g/mol. The van der Waals surface area contributed by atoms with E-state index in [0.717, 1.165) is 4.47 Å². The molecule has 4 aromatic rings. The summed E-state index contributed by atoms with van der Waals surface area (Å²) >= 11 is 6.76. The topological polar surface area (TPSA) is 116 Å². The third kappa shape index (κ3) is 7.04. The van der Waals surface area contributed by atoms with Gasteiger partial charge in [0.25, 0.3) is 11.6 Å². The van der Waals surface area contributed by atoms with Crippen molar-refractivity contribution < 1.29 is 24.0 Å². The number of alkyl halides is 1. The second-order valence-corrected chi connectivity index (χ2v) is 10.3. The highest BCUT2D eigenvalue weighted by molar-refractivity contribution is 9.10. The van der Waals surface area contributed by atoms with Gasteiger partial charge in [-0.3, -0.25) is 19.7 Å². The van der Waals surface area contributed by atoms with Gasteiger partial charge in [-0.25, -0.2) is 4.79 Å². The predicted octanol–water partition coefficient (Wildman–Crippen LogP) is 7.15. The molecule has 0 unspecified atom stereocenters. The number of non-ortho nitro benzene ring substituents is 1. The molecule has 0 aliphatic heterocycles. The molecular formula is C29H20Br2N2O6. The first-order valence-corrected chi connectivity index (χ1v) is 13.3. The smallest absolute Gasteiger partial charge is 0.338 e. The van der Waals surface area contributed by atoms with Crippen LogP contribution in [0.15, 0.2) is 108 Å². The zero-order valence-corrected chi connectivity index (χ0v) is 23.3. The van der Waals surface area contributed by atoms with Crippen molar-refractivity contribution in [3.05, 3.63) is 140 Å². The van der Waals surface area contributed by atoms with Crippen LogP contribution in [0.4, 0.5) is 11.4 Å². The minimum absolute atomic E-state index is 0.105. The SMILES string of the molecule is O=C(Nc1cccc(C(=O)O[C@@H](C(=O)c2ccccc2)[C@@H](Br)c2cccc([N+](=O)[O-])c2)c1)c1ccc(Br)cc1. The van der Waals surface area contributed by atoms with Crippen LogP contribution in [0, 0.1) is 10.1 Å². The molecule has 0 radical (unpaired) electrons. The molecule has 0 aromatic heterocycles. The zero-order valence-electron chi connectivity index (χ0n) is 20.1. The maximum atomic E-state index is 13.4. The second kappa shape index (κ2) is 12.6. The molecule has 0 aliphatic rings. The van der Waals surface area contributed by atoms with E-state index < -0.39 is 27.6 Å². The van der Waals surface area contributed by atoms with Crippen molar-refractivity contribution >= 4 is 60.9 Å². The molecular weight excluding hydrogens is 632 g/mol. The van der Waals surface area contributed by atoms with Gasteiger partial charge in [-0.15, -0.1) is 0 Å². The van der Waals surface area contributed by atoms with Crippen LogP contribution in [-0.4, -0.2) is 28.7 Å². The van der Waals surface area contributed by atoms with Crippen LogP contribution in [0.25, 0.3) is 0 Å². The van der Waals surface area contributed by atoms with Crippen LogP contribution in [-0.2, 0) is 4.74 Å². The Labute approximate surface area is 240 Å². The predicted molar refractivity (Wildman–Crippen MR) is 153 cm³/mol. The Morgan fingerprint density at radius 2 is 1.46 bits per heavy atom. The van der Waals surface area contributed by atoms with Crippen LogP contribution >= 0.6 is 31.9 Å². The molecule has 0 saturated carbocycles. The third-order valence-corrected chi connectivity index (χ3v) is 7.22. The van der Waals surface area contributed by atoms with E-state index in [9.17, 15) is 24.5 Å². The lowest BCUT2D eigenvalue weighted by Crippen LogP contribution is -2.31. The number of carbonyl (C=O) groups is 3.